The Hall–Kier alpha value is -2.48. The molecule has 8 nitrogen and oxygen atoms in total. The van der Waals surface area contributed by atoms with Gasteiger partial charge in [0.25, 0.3) is 6.47 Å². The molecular formula is C16H25N5O3. The number of hydrogen-bond donors (Lipinski definition) is 1. The molecule has 0 aromatic carbocycles. The number of carboxylic acid groups (broad SMARTS) is 1. The Labute approximate surface area is 142 Å². The molecule has 0 saturated heterocycles. The molecule has 132 valence electrons. The van der Waals surface area contributed by atoms with Gasteiger partial charge in [0.1, 0.15) is 0 Å². The molecule has 0 aliphatic heterocycles. The maximum atomic E-state index is 8.36. The second-order valence-corrected chi connectivity index (χ2v) is 5.81. The molecule has 2 rings (SSSR count). The van der Waals surface area contributed by atoms with Crippen molar-refractivity contribution in [3.05, 3.63) is 35.5 Å². The summed E-state index contributed by atoms with van der Waals surface area (Å²) in [5.41, 5.74) is 2.29. The lowest BCUT2D eigenvalue weighted by Gasteiger charge is -2.22. The first-order valence-corrected chi connectivity index (χ1v) is 7.56. The SMILES string of the molecule is Cc1ccnc(CC(C)N(C)c2nnc(CN(C)C)o2)c1.O=CO. The molecule has 8 heteroatoms. The van der Waals surface area contributed by atoms with Gasteiger partial charge in [-0.1, -0.05) is 5.10 Å². The summed E-state index contributed by atoms with van der Waals surface area (Å²) in [7, 11) is 5.91. The topological polar surface area (TPSA) is 95.6 Å². The van der Waals surface area contributed by atoms with Crippen LogP contribution < -0.4 is 4.90 Å². The van der Waals surface area contributed by atoms with Gasteiger partial charge in [-0.05, 0) is 45.6 Å². The number of carbonyl (C=O) groups is 1. The van der Waals surface area contributed by atoms with E-state index in [-0.39, 0.29) is 12.5 Å². The van der Waals surface area contributed by atoms with E-state index >= 15 is 0 Å². The summed E-state index contributed by atoms with van der Waals surface area (Å²) >= 11 is 0. The Morgan fingerprint density at radius 1 is 1.33 bits per heavy atom. The molecule has 0 saturated carbocycles. The summed E-state index contributed by atoms with van der Waals surface area (Å²) in [4.78, 5) is 16.8. The summed E-state index contributed by atoms with van der Waals surface area (Å²) in [6, 6.07) is 4.89. The van der Waals surface area contributed by atoms with Crippen LogP contribution in [0, 0.1) is 6.92 Å². The summed E-state index contributed by atoms with van der Waals surface area (Å²) < 4.78 is 5.68. The summed E-state index contributed by atoms with van der Waals surface area (Å²) in [5.74, 6) is 0.628. The second kappa shape index (κ2) is 9.61. The summed E-state index contributed by atoms with van der Waals surface area (Å²) in [6.45, 7) is 4.60. The Morgan fingerprint density at radius 3 is 2.58 bits per heavy atom. The van der Waals surface area contributed by atoms with E-state index in [4.69, 9.17) is 14.3 Å². The maximum Gasteiger partial charge on any atom is 0.318 e. The number of nitrogens with zero attached hydrogens (tertiary/aromatic N) is 5. The molecule has 0 radical (unpaired) electrons. The van der Waals surface area contributed by atoms with Crippen molar-refractivity contribution in [2.45, 2.75) is 32.9 Å². The van der Waals surface area contributed by atoms with Gasteiger partial charge in [0.2, 0.25) is 5.89 Å². The predicted octanol–water partition coefficient (Wildman–Crippen LogP) is 1.60. The van der Waals surface area contributed by atoms with Crippen LogP contribution in [0.25, 0.3) is 0 Å². The van der Waals surface area contributed by atoms with E-state index in [1.807, 2.05) is 43.2 Å². The van der Waals surface area contributed by atoms with Crippen LogP contribution in [-0.4, -0.2) is 58.8 Å². The molecule has 1 N–H and O–H groups in total. The van der Waals surface area contributed by atoms with E-state index in [0.717, 1.165) is 12.1 Å². The van der Waals surface area contributed by atoms with Crippen molar-refractivity contribution in [1.29, 1.82) is 0 Å². The third-order valence-electron chi connectivity index (χ3n) is 3.35. The zero-order chi connectivity index (χ0) is 18.1. The first kappa shape index (κ1) is 19.6. The van der Waals surface area contributed by atoms with Gasteiger partial charge >= 0.3 is 6.01 Å². The minimum absolute atomic E-state index is 0.229. The largest absolute Gasteiger partial charge is 0.483 e. The highest BCUT2D eigenvalue weighted by Crippen LogP contribution is 2.16. The smallest absolute Gasteiger partial charge is 0.318 e. The third-order valence-corrected chi connectivity index (χ3v) is 3.35. The molecule has 0 amide bonds. The normalized spacial score (nSPS) is 11.6. The molecule has 1 atom stereocenters. The van der Waals surface area contributed by atoms with Crippen LogP contribution in [0.5, 0.6) is 0 Å². The zero-order valence-corrected chi connectivity index (χ0v) is 14.8. The van der Waals surface area contributed by atoms with Crippen LogP contribution in [0.15, 0.2) is 22.7 Å². The molecule has 0 aliphatic rings. The highest BCUT2D eigenvalue weighted by molar-refractivity contribution is 5.32. The number of hydrogen-bond acceptors (Lipinski definition) is 7. The number of pyridine rings is 1. The van der Waals surface area contributed by atoms with Gasteiger partial charge in [0.05, 0.1) is 6.54 Å². The van der Waals surface area contributed by atoms with Crippen LogP contribution in [0.2, 0.25) is 0 Å². The first-order chi connectivity index (χ1) is 11.4. The molecule has 2 aromatic rings. The lowest BCUT2D eigenvalue weighted by molar-refractivity contribution is -0.122. The van der Waals surface area contributed by atoms with E-state index in [1.165, 1.54) is 5.56 Å². The summed E-state index contributed by atoms with van der Waals surface area (Å²) in [6.07, 6.45) is 2.68. The van der Waals surface area contributed by atoms with Gasteiger partial charge < -0.3 is 19.3 Å². The van der Waals surface area contributed by atoms with E-state index in [0.29, 0.717) is 18.5 Å². The maximum absolute atomic E-state index is 8.36. The minimum atomic E-state index is -0.250. The minimum Gasteiger partial charge on any atom is -0.483 e. The monoisotopic (exact) mass is 335 g/mol. The van der Waals surface area contributed by atoms with E-state index < -0.39 is 0 Å². The number of likely N-dealkylation sites (N-methyl/N-ethyl adjacent to an activating group) is 1. The van der Waals surface area contributed by atoms with Gasteiger partial charge in [-0.15, -0.1) is 5.10 Å². The fourth-order valence-corrected chi connectivity index (χ4v) is 2.06. The van der Waals surface area contributed by atoms with Gasteiger partial charge in [-0.2, -0.15) is 0 Å². The fraction of sp³-hybridized carbons (Fsp3) is 0.500. The Morgan fingerprint density at radius 2 is 2.00 bits per heavy atom. The molecular weight excluding hydrogens is 310 g/mol. The average molecular weight is 335 g/mol. The predicted molar refractivity (Wildman–Crippen MR) is 90.9 cm³/mol. The number of aryl methyl sites for hydroxylation is 1. The van der Waals surface area contributed by atoms with Crippen molar-refractivity contribution < 1.29 is 14.3 Å². The molecule has 1 unspecified atom stereocenters. The zero-order valence-electron chi connectivity index (χ0n) is 14.8. The van der Waals surface area contributed by atoms with Gasteiger partial charge in [0.15, 0.2) is 0 Å². The van der Waals surface area contributed by atoms with Crippen LogP contribution in [-0.2, 0) is 17.8 Å². The van der Waals surface area contributed by atoms with Crippen LogP contribution in [0.1, 0.15) is 24.1 Å². The van der Waals surface area contributed by atoms with E-state index in [2.05, 4.69) is 35.1 Å². The Bertz CT molecular complexity index is 630. The molecule has 2 aromatic heterocycles. The third kappa shape index (κ3) is 6.33. The summed E-state index contributed by atoms with van der Waals surface area (Å²) in [5, 5.41) is 15.1. The molecule has 0 aliphatic carbocycles. The van der Waals surface area contributed by atoms with Gasteiger partial charge in [-0.3, -0.25) is 9.78 Å². The van der Waals surface area contributed by atoms with Crippen molar-refractivity contribution in [3.63, 3.8) is 0 Å². The van der Waals surface area contributed by atoms with E-state index in [1.54, 1.807) is 0 Å². The van der Waals surface area contributed by atoms with Gasteiger partial charge in [-0.25, -0.2) is 0 Å². The van der Waals surface area contributed by atoms with Crippen LogP contribution >= 0.6 is 0 Å². The number of aromatic nitrogens is 3. The standard InChI is InChI=1S/C15H23N5O.CH2O2/c1-11-6-7-16-13(8-11)9-12(2)20(5)15-18-17-14(21-15)10-19(3)4;2-1-3/h6-8,12H,9-10H2,1-5H3;1H,(H,2,3). The van der Waals surface area contributed by atoms with Crippen molar-refractivity contribution in [1.82, 2.24) is 20.1 Å². The first-order valence-electron chi connectivity index (χ1n) is 7.56. The molecule has 0 spiro atoms. The average Bonchev–Trinajstić information content (AvgIpc) is 2.95. The van der Waals surface area contributed by atoms with Crippen molar-refractivity contribution in [2.24, 2.45) is 0 Å². The quantitative estimate of drug-likeness (QED) is 0.795. The van der Waals surface area contributed by atoms with Gasteiger partial charge in [0, 0.05) is 31.4 Å². The van der Waals surface area contributed by atoms with Crippen LogP contribution in [0.3, 0.4) is 0 Å². The lowest BCUT2D eigenvalue weighted by Crippen LogP contribution is -2.31. The Kier molecular flexibility index (Phi) is 7.84. The highest BCUT2D eigenvalue weighted by atomic mass is 16.4. The number of anilines is 1. The fourth-order valence-electron chi connectivity index (χ4n) is 2.06. The molecule has 0 fully saturated rings. The van der Waals surface area contributed by atoms with Crippen molar-refractivity contribution in [3.8, 4) is 0 Å². The molecule has 0 bridgehead atoms. The highest BCUT2D eigenvalue weighted by Gasteiger charge is 2.17. The number of rotatable bonds is 6. The van der Waals surface area contributed by atoms with Crippen molar-refractivity contribution in [2.75, 3.05) is 26.0 Å². The van der Waals surface area contributed by atoms with Crippen molar-refractivity contribution >= 4 is 12.5 Å². The Balaban J connectivity index is 0.000000891. The molecule has 24 heavy (non-hydrogen) atoms. The second-order valence-electron chi connectivity index (χ2n) is 5.81. The lowest BCUT2D eigenvalue weighted by atomic mass is 10.1. The van der Waals surface area contributed by atoms with E-state index in [9.17, 15) is 0 Å². The molecule has 2 heterocycles. The van der Waals surface area contributed by atoms with Crippen LogP contribution in [0.4, 0.5) is 6.01 Å².